The van der Waals surface area contributed by atoms with Crippen LogP contribution in [0.2, 0.25) is 0 Å². The monoisotopic (exact) mass is 993 g/mol. The van der Waals surface area contributed by atoms with Crippen molar-refractivity contribution in [1.29, 1.82) is 0 Å². The first-order chi connectivity index (χ1) is 35.6. The largest absolute Gasteiger partial charge is 0.462 e. The summed E-state index contributed by atoms with van der Waals surface area (Å²) in [4.78, 5) is 25.5. The van der Waals surface area contributed by atoms with Gasteiger partial charge in [0.1, 0.15) is 6.61 Å². The van der Waals surface area contributed by atoms with Crippen LogP contribution in [0.1, 0.15) is 239 Å². The number of unbranched alkanes of at least 4 members (excludes halogenated alkanes) is 17. The number of allylic oxidation sites excluding steroid dienone is 24. The molecule has 0 saturated heterocycles. The molecule has 72 heavy (non-hydrogen) atoms. The highest BCUT2D eigenvalue weighted by molar-refractivity contribution is 5.70. The molecule has 1 atom stereocenters. The van der Waals surface area contributed by atoms with Gasteiger partial charge in [0.15, 0.2) is 6.10 Å². The molecule has 0 aromatic carbocycles. The SMILES string of the molecule is CC/C=C\C/C=C\C/C=C\C/C=C\C/C=C\C/C=C\CCC(=O)OCC(COCCCCCCCCCCCCCCCCCCCC)OC(=O)CC/C=C\C/C=C\C/C=C\C/C=C\C/C=C\C/C=C\CC. The number of hydrogen-bond donors (Lipinski definition) is 0. The number of carbonyl (C=O) groups is 2. The van der Waals surface area contributed by atoms with Crippen LogP contribution in [0.3, 0.4) is 0 Å². The predicted molar refractivity (Wildman–Crippen MR) is 315 cm³/mol. The molecule has 0 aromatic heterocycles. The maximum absolute atomic E-state index is 12.8. The number of rotatable bonds is 52. The average molecular weight is 994 g/mol. The van der Waals surface area contributed by atoms with Gasteiger partial charge in [-0.15, -0.1) is 0 Å². The van der Waals surface area contributed by atoms with Crippen molar-refractivity contribution in [2.75, 3.05) is 19.8 Å². The molecule has 0 aliphatic heterocycles. The van der Waals surface area contributed by atoms with Gasteiger partial charge in [0, 0.05) is 19.4 Å². The molecule has 0 N–H and O–H groups in total. The summed E-state index contributed by atoms with van der Waals surface area (Å²) >= 11 is 0. The van der Waals surface area contributed by atoms with Crippen molar-refractivity contribution >= 4 is 11.9 Å². The zero-order valence-electron chi connectivity index (χ0n) is 46.6. The van der Waals surface area contributed by atoms with Crippen molar-refractivity contribution in [2.24, 2.45) is 0 Å². The van der Waals surface area contributed by atoms with E-state index in [1.54, 1.807) is 0 Å². The Morgan fingerprint density at radius 2 is 0.597 bits per heavy atom. The smallest absolute Gasteiger partial charge is 0.306 e. The topological polar surface area (TPSA) is 61.8 Å². The van der Waals surface area contributed by atoms with Crippen LogP contribution in [0.4, 0.5) is 0 Å². The standard InChI is InChI=1S/C67H108O5/c1-4-7-10-13-16-19-22-25-28-31-34-36-39-42-45-48-51-54-57-60-66(68)71-64-65(63-70-62-59-56-53-50-47-44-41-38-33-30-27-24-21-18-15-12-9-6-3)72-67(69)61-58-55-52-49-46-43-40-37-35-32-29-26-23-20-17-14-11-8-5-2/h7-8,10-11,16-17,19-20,25-26,28-29,34-37,42-43,45-46,51-52,54-55,65H,4-6,9,12-15,18,21-24,27,30-33,38-41,44,47-50,53,56-64H2,1-3H3/b10-7-,11-8-,19-16-,20-17-,28-25-,29-26-,36-34-,37-35-,45-42-,46-43-,54-51-,55-52-. The van der Waals surface area contributed by atoms with E-state index in [1.165, 1.54) is 103 Å². The molecular weight excluding hydrogens is 885 g/mol. The van der Waals surface area contributed by atoms with Gasteiger partial charge in [-0.3, -0.25) is 9.59 Å². The van der Waals surface area contributed by atoms with Gasteiger partial charge in [0.05, 0.1) is 6.61 Å². The highest BCUT2D eigenvalue weighted by Gasteiger charge is 2.17. The Bertz CT molecular complexity index is 1540. The van der Waals surface area contributed by atoms with Crippen molar-refractivity contribution in [1.82, 2.24) is 0 Å². The summed E-state index contributed by atoms with van der Waals surface area (Å²) in [6, 6.07) is 0. The zero-order valence-corrected chi connectivity index (χ0v) is 46.6. The maximum atomic E-state index is 12.8. The van der Waals surface area contributed by atoms with Gasteiger partial charge in [-0.05, 0) is 96.3 Å². The molecule has 0 aliphatic carbocycles. The van der Waals surface area contributed by atoms with Crippen molar-refractivity contribution in [3.8, 4) is 0 Å². The summed E-state index contributed by atoms with van der Waals surface area (Å²) in [5.74, 6) is -0.595. The minimum Gasteiger partial charge on any atom is -0.462 e. The molecule has 0 saturated carbocycles. The third-order valence-corrected chi connectivity index (χ3v) is 11.9. The molecule has 1 unspecified atom stereocenters. The molecule has 0 spiro atoms. The molecule has 0 amide bonds. The Kier molecular flexibility index (Phi) is 57.5. The van der Waals surface area contributed by atoms with Gasteiger partial charge in [-0.2, -0.15) is 0 Å². The summed E-state index contributed by atoms with van der Waals surface area (Å²) in [6.45, 7) is 7.45. The summed E-state index contributed by atoms with van der Waals surface area (Å²) in [5.41, 5.74) is 0. The van der Waals surface area contributed by atoms with Gasteiger partial charge in [0.2, 0.25) is 0 Å². The second-order valence-electron chi connectivity index (χ2n) is 18.8. The lowest BCUT2D eigenvalue weighted by Gasteiger charge is -2.18. The van der Waals surface area contributed by atoms with Crippen LogP contribution in [-0.2, 0) is 23.8 Å². The Labute approximate surface area is 444 Å². The van der Waals surface area contributed by atoms with Crippen molar-refractivity contribution in [2.45, 2.75) is 245 Å². The molecular formula is C67H108O5. The second-order valence-corrected chi connectivity index (χ2v) is 18.8. The molecule has 0 aromatic rings. The summed E-state index contributed by atoms with van der Waals surface area (Å²) < 4.78 is 17.3. The van der Waals surface area contributed by atoms with Gasteiger partial charge in [-0.1, -0.05) is 276 Å². The molecule has 5 heteroatoms. The van der Waals surface area contributed by atoms with E-state index in [9.17, 15) is 9.59 Å². The average Bonchev–Trinajstić information content (AvgIpc) is 3.38. The highest BCUT2D eigenvalue weighted by atomic mass is 16.6. The Morgan fingerprint density at radius 3 is 0.917 bits per heavy atom. The quantitative estimate of drug-likeness (QED) is 0.0345. The predicted octanol–water partition coefficient (Wildman–Crippen LogP) is 20.5. The van der Waals surface area contributed by atoms with Crippen LogP contribution in [0.25, 0.3) is 0 Å². The van der Waals surface area contributed by atoms with Crippen LogP contribution in [0.5, 0.6) is 0 Å². The maximum Gasteiger partial charge on any atom is 0.306 e. The van der Waals surface area contributed by atoms with Crippen LogP contribution < -0.4 is 0 Å². The Balaban J connectivity index is 4.52. The number of hydrogen-bond acceptors (Lipinski definition) is 5. The van der Waals surface area contributed by atoms with Gasteiger partial charge in [0.25, 0.3) is 0 Å². The fourth-order valence-corrected chi connectivity index (χ4v) is 7.62. The van der Waals surface area contributed by atoms with E-state index in [1.807, 2.05) is 12.2 Å². The van der Waals surface area contributed by atoms with E-state index in [2.05, 4.69) is 154 Å². The first kappa shape index (κ1) is 67.8. The molecule has 0 heterocycles. The lowest BCUT2D eigenvalue weighted by molar-refractivity contribution is -0.162. The van der Waals surface area contributed by atoms with Crippen LogP contribution >= 0.6 is 0 Å². The zero-order chi connectivity index (χ0) is 52.0. The molecule has 5 nitrogen and oxygen atoms in total. The minimum atomic E-state index is -0.617. The molecule has 0 fully saturated rings. The highest BCUT2D eigenvalue weighted by Crippen LogP contribution is 2.15. The second kappa shape index (κ2) is 61.1. The van der Waals surface area contributed by atoms with Crippen molar-refractivity contribution in [3.05, 3.63) is 146 Å². The molecule has 0 aliphatic rings. The summed E-state index contributed by atoms with van der Waals surface area (Å²) in [5, 5.41) is 0. The number of carbonyl (C=O) groups excluding carboxylic acids is 2. The Hall–Kier alpha value is -4.22. The van der Waals surface area contributed by atoms with Crippen LogP contribution in [0, 0.1) is 0 Å². The first-order valence-corrected chi connectivity index (χ1v) is 29.4. The van der Waals surface area contributed by atoms with E-state index >= 15 is 0 Å². The fraction of sp³-hybridized carbons (Fsp3) is 0.612. The lowest BCUT2D eigenvalue weighted by Crippen LogP contribution is -2.30. The van der Waals surface area contributed by atoms with E-state index < -0.39 is 6.10 Å². The van der Waals surface area contributed by atoms with Crippen molar-refractivity contribution in [3.63, 3.8) is 0 Å². The van der Waals surface area contributed by atoms with Gasteiger partial charge >= 0.3 is 11.9 Å². The van der Waals surface area contributed by atoms with Gasteiger partial charge < -0.3 is 14.2 Å². The summed E-state index contributed by atoms with van der Waals surface area (Å²) in [6.07, 6.45) is 89.0. The first-order valence-electron chi connectivity index (χ1n) is 29.4. The molecule has 0 rings (SSSR count). The van der Waals surface area contributed by atoms with Gasteiger partial charge in [-0.25, -0.2) is 0 Å². The van der Waals surface area contributed by atoms with E-state index in [-0.39, 0.29) is 38.0 Å². The normalized spacial score (nSPS) is 13.3. The molecule has 0 bridgehead atoms. The van der Waals surface area contributed by atoms with Crippen LogP contribution in [0.15, 0.2) is 146 Å². The lowest BCUT2D eigenvalue weighted by atomic mass is 10.0. The number of ether oxygens (including phenoxy) is 3. The van der Waals surface area contributed by atoms with Crippen LogP contribution in [-0.4, -0.2) is 37.9 Å². The number of esters is 2. The Morgan fingerprint density at radius 1 is 0.319 bits per heavy atom. The third kappa shape index (κ3) is 58.4. The summed E-state index contributed by atoms with van der Waals surface area (Å²) in [7, 11) is 0. The van der Waals surface area contributed by atoms with E-state index in [4.69, 9.17) is 14.2 Å². The minimum absolute atomic E-state index is 0.00730. The van der Waals surface area contributed by atoms with Crippen molar-refractivity contribution < 1.29 is 23.8 Å². The fourth-order valence-electron chi connectivity index (χ4n) is 7.62. The third-order valence-electron chi connectivity index (χ3n) is 11.9. The molecule has 406 valence electrons. The van der Waals surface area contributed by atoms with E-state index in [0.29, 0.717) is 19.4 Å². The van der Waals surface area contributed by atoms with E-state index in [0.717, 1.165) is 89.9 Å². The molecule has 0 radical (unpaired) electrons.